The number of nitrogens with zero attached hydrogens (tertiary/aromatic N) is 5. The Morgan fingerprint density at radius 2 is 1.89 bits per heavy atom. The van der Waals surface area contributed by atoms with E-state index in [0.29, 0.717) is 17.2 Å². The van der Waals surface area contributed by atoms with Crippen molar-refractivity contribution in [2.75, 3.05) is 36.4 Å². The maximum absolute atomic E-state index is 12.2. The van der Waals surface area contributed by atoms with Crippen LogP contribution in [-0.2, 0) is 22.7 Å². The molecule has 1 atom stereocenters. The van der Waals surface area contributed by atoms with Gasteiger partial charge in [-0.05, 0) is 56.2 Å². The summed E-state index contributed by atoms with van der Waals surface area (Å²) in [7, 11) is 0. The lowest BCUT2D eigenvalue weighted by atomic mass is 9.72. The summed E-state index contributed by atoms with van der Waals surface area (Å²) < 4.78 is 5.23. The third-order valence-corrected chi connectivity index (χ3v) is 7.79. The molecule has 9 heteroatoms. The van der Waals surface area contributed by atoms with Crippen LogP contribution < -0.4 is 10.2 Å². The molecule has 0 bridgehead atoms. The average molecular weight is 505 g/mol. The second-order valence-corrected chi connectivity index (χ2v) is 10.8. The highest BCUT2D eigenvalue weighted by Crippen LogP contribution is 2.41. The Morgan fingerprint density at radius 3 is 2.54 bits per heavy atom. The van der Waals surface area contributed by atoms with Gasteiger partial charge >= 0.3 is 6.09 Å². The first-order valence-corrected chi connectivity index (χ1v) is 13.1. The first-order chi connectivity index (χ1) is 17.8. The average Bonchev–Trinajstić information content (AvgIpc) is 2.87. The summed E-state index contributed by atoms with van der Waals surface area (Å²) >= 11 is 0. The zero-order valence-electron chi connectivity index (χ0n) is 21.9. The van der Waals surface area contributed by atoms with Gasteiger partial charge in [-0.25, -0.2) is 9.78 Å². The van der Waals surface area contributed by atoms with E-state index >= 15 is 0 Å². The molecule has 2 aromatic rings. The number of piperidine rings is 1. The highest BCUT2D eigenvalue weighted by molar-refractivity contribution is 5.89. The summed E-state index contributed by atoms with van der Waals surface area (Å²) in [5.74, 6) is 1.15. The summed E-state index contributed by atoms with van der Waals surface area (Å²) in [5.41, 5.74) is 3.61. The van der Waals surface area contributed by atoms with Gasteiger partial charge in [0.1, 0.15) is 12.4 Å². The number of carbonyl (C=O) groups excluding carboxylic acids is 2. The van der Waals surface area contributed by atoms with Gasteiger partial charge in [0.15, 0.2) is 0 Å². The first kappa shape index (κ1) is 25.2. The lowest BCUT2D eigenvalue weighted by molar-refractivity contribution is -0.131. The summed E-state index contributed by atoms with van der Waals surface area (Å²) in [6.45, 7) is 14.6. The fraction of sp³-hybridized carbons (Fsp3) is 0.500. The second-order valence-electron chi connectivity index (χ2n) is 10.8. The number of likely N-dealkylation sites (tertiary alicyclic amines) is 2. The standard InChI is InChI=1S/C28H36N6O3/c1-5-24(35)33-12-10-28(11-13-33)17-32(18-28)15-21-6-8-22(9-7-21)20(4)30-26-29-14-23-16-37-27(36)34(19(2)3)25(23)31-26/h5-9,14,19-20H,1,10-13,15-18H2,2-4H3,(H,29,30,31)/t20-/m0/s1. The van der Waals surface area contributed by atoms with Crippen molar-refractivity contribution in [1.82, 2.24) is 19.8 Å². The second kappa shape index (κ2) is 10.1. The van der Waals surface area contributed by atoms with Crippen LogP contribution in [0.4, 0.5) is 16.6 Å². The van der Waals surface area contributed by atoms with E-state index in [1.807, 2.05) is 18.7 Å². The number of rotatable bonds is 7. The molecule has 37 heavy (non-hydrogen) atoms. The summed E-state index contributed by atoms with van der Waals surface area (Å²) in [5, 5.41) is 3.37. The molecular formula is C28H36N6O3. The molecule has 0 radical (unpaired) electrons. The van der Waals surface area contributed by atoms with E-state index in [1.54, 1.807) is 11.1 Å². The van der Waals surface area contributed by atoms with Crippen molar-refractivity contribution in [2.24, 2.45) is 5.41 Å². The predicted molar refractivity (Wildman–Crippen MR) is 142 cm³/mol. The highest BCUT2D eigenvalue weighted by atomic mass is 16.6. The van der Waals surface area contributed by atoms with Crippen LogP contribution in [0, 0.1) is 5.41 Å². The third-order valence-electron chi connectivity index (χ3n) is 7.79. The maximum Gasteiger partial charge on any atom is 0.416 e. The van der Waals surface area contributed by atoms with Gasteiger partial charge in [-0.2, -0.15) is 4.98 Å². The predicted octanol–water partition coefficient (Wildman–Crippen LogP) is 4.13. The van der Waals surface area contributed by atoms with Gasteiger partial charge in [-0.1, -0.05) is 30.8 Å². The lowest BCUT2D eigenvalue weighted by Gasteiger charge is -2.54. The Balaban J connectivity index is 1.15. The molecule has 4 heterocycles. The Morgan fingerprint density at radius 1 is 1.19 bits per heavy atom. The van der Waals surface area contributed by atoms with Crippen molar-refractivity contribution in [3.05, 3.63) is 59.8 Å². The number of carbonyl (C=O) groups is 2. The molecule has 9 nitrogen and oxygen atoms in total. The van der Waals surface area contributed by atoms with Crippen molar-refractivity contribution >= 4 is 23.8 Å². The van der Waals surface area contributed by atoms with Crippen molar-refractivity contribution < 1.29 is 14.3 Å². The van der Waals surface area contributed by atoms with Crippen molar-refractivity contribution in [3.63, 3.8) is 0 Å². The van der Waals surface area contributed by atoms with E-state index in [9.17, 15) is 9.59 Å². The summed E-state index contributed by atoms with van der Waals surface area (Å²) in [6.07, 6.45) is 4.92. The molecule has 1 aromatic heterocycles. The molecule has 1 aromatic carbocycles. The minimum absolute atomic E-state index is 0.00545. The highest BCUT2D eigenvalue weighted by Gasteiger charge is 2.44. The van der Waals surface area contributed by atoms with Gasteiger partial charge < -0.3 is 15.0 Å². The SMILES string of the molecule is C=CC(=O)N1CCC2(CC1)CN(Cc1ccc([C@H](C)Nc3ncc4c(n3)N(C(C)C)C(=O)OC4)cc1)C2. The number of cyclic esters (lactones) is 1. The minimum Gasteiger partial charge on any atom is -0.444 e. The van der Waals surface area contributed by atoms with E-state index in [2.05, 4.69) is 58.0 Å². The largest absolute Gasteiger partial charge is 0.444 e. The maximum atomic E-state index is 12.2. The van der Waals surface area contributed by atoms with Crippen LogP contribution >= 0.6 is 0 Å². The number of benzene rings is 1. The van der Waals surface area contributed by atoms with Gasteiger partial charge in [-0.3, -0.25) is 14.6 Å². The lowest BCUT2D eigenvalue weighted by Crippen LogP contribution is -2.60. The van der Waals surface area contributed by atoms with Crippen LogP contribution in [0.1, 0.15) is 56.3 Å². The molecule has 0 aliphatic carbocycles. The van der Waals surface area contributed by atoms with Gasteiger partial charge in [0, 0.05) is 45.0 Å². The number of ether oxygens (including phenoxy) is 1. The number of nitrogens with one attached hydrogen (secondary N) is 1. The molecule has 3 aliphatic rings. The smallest absolute Gasteiger partial charge is 0.416 e. The Hall–Kier alpha value is -3.46. The van der Waals surface area contributed by atoms with E-state index in [1.165, 1.54) is 11.6 Å². The quantitative estimate of drug-likeness (QED) is 0.567. The Labute approximate surface area is 218 Å². The van der Waals surface area contributed by atoms with Gasteiger partial charge in [-0.15, -0.1) is 0 Å². The topological polar surface area (TPSA) is 90.9 Å². The number of anilines is 2. The minimum atomic E-state index is -0.378. The monoisotopic (exact) mass is 504 g/mol. The molecule has 0 saturated carbocycles. The molecule has 2 amide bonds. The molecule has 1 N–H and O–H groups in total. The van der Waals surface area contributed by atoms with E-state index in [0.717, 1.165) is 56.7 Å². The van der Waals surface area contributed by atoms with Crippen LogP contribution in [0.3, 0.4) is 0 Å². The first-order valence-electron chi connectivity index (χ1n) is 13.1. The number of aromatic nitrogens is 2. The number of hydrogen-bond donors (Lipinski definition) is 1. The third kappa shape index (κ3) is 5.18. The van der Waals surface area contributed by atoms with Gasteiger partial charge in [0.05, 0.1) is 11.6 Å². The van der Waals surface area contributed by atoms with E-state index in [-0.39, 0.29) is 30.7 Å². The number of fused-ring (bicyclic) bond motifs is 1. The fourth-order valence-electron chi connectivity index (χ4n) is 5.64. The fourth-order valence-corrected chi connectivity index (χ4v) is 5.64. The summed E-state index contributed by atoms with van der Waals surface area (Å²) in [6, 6.07) is 8.62. The molecule has 0 unspecified atom stereocenters. The molecule has 1 spiro atoms. The number of amides is 2. The van der Waals surface area contributed by atoms with E-state index in [4.69, 9.17) is 4.74 Å². The molecule has 2 fully saturated rings. The number of hydrogen-bond acceptors (Lipinski definition) is 7. The van der Waals surface area contributed by atoms with Crippen molar-refractivity contribution in [2.45, 2.75) is 58.8 Å². The van der Waals surface area contributed by atoms with Crippen LogP contribution in [0.5, 0.6) is 0 Å². The zero-order chi connectivity index (χ0) is 26.2. The molecule has 196 valence electrons. The van der Waals surface area contributed by atoms with Crippen LogP contribution in [0.15, 0.2) is 43.1 Å². The molecule has 3 aliphatic heterocycles. The van der Waals surface area contributed by atoms with Crippen LogP contribution in [-0.4, -0.2) is 64.0 Å². The van der Waals surface area contributed by atoms with Crippen molar-refractivity contribution in [3.8, 4) is 0 Å². The van der Waals surface area contributed by atoms with Gasteiger partial charge in [0.2, 0.25) is 11.9 Å². The van der Waals surface area contributed by atoms with Crippen LogP contribution in [0.2, 0.25) is 0 Å². The molecular weight excluding hydrogens is 468 g/mol. The summed E-state index contributed by atoms with van der Waals surface area (Å²) in [4.78, 5) is 39.1. The Kier molecular flexibility index (Phi) is 6.90. The van der Waals surface area contributed by atoms with E-state index < -0.39 is 0 Å². The molecule has 2 saturated heterocycles. The van der Waals surface area contributed by atoms with Crippen LogP contribution in [0.25, 0.3) is 0 Å². The Bertz CT molecular complexity index is 1160. The molecule has 5 rings (SSSR count). The zero-order valence-corrected chi connectivity index (χ0v) is 21.9. The van der Waals surface area contributed by atoms with Gasteiger partial charge in [0.25, 0.3) is 0 Å². The van der Waals surface area contributed by atoms with Crippen molar-refractivity contribution in [1.29, 1.82) is 0 Å². The normalized spacial score (nSPS) is 19.7.